The molecule has 5 nitrogen and oxygen atoms in total. The zero-order chi connectivity index (χ0) is 18.1. The first kappa shape index (κ1) is 17.9. The van der Waals surface area contributed by atoms with Crippen molar-refractivity contribution in [1.82, 2.24) is 10.6 Å². The first-order valence-electron chi connectivity index (χ1n) is 9.46. The van der Waals surface area contributed by atoms with Gasteiger partial charge in [-0.2, -0.15) is 4.99 Å². The normalized spacial score (nSPS) is 23.4. The summed E-state index contributed by atoms with van der Waals surface area (Å²) < 4.78 is 14.6. The standard InChI is InChI=1S/C19H24BrFN4O/c20-15-7-6-13(21)12-16(15)25-18(26)24-17(19(25)8-10-22-11-9-19)23-14-4-2-1-3-5-14/h6-7,12,14,22H,1-5,8-11H2,(H,23,24,26). The van der Waals surface area contributed by atoms with Crippen LogP contribution in [-0.2, 0) is 0 Å². The van der Waals surface area contributed by atoms with Gasteiger partial charge in [0.1, 0.15) is 17.2 Å². The maximum atomic E-state index is 13.9. The zero-order valence-corrected chi connectivity index (χ0v) is 16.3. The van der Waals surface area contributed by atoms with Crippen LogP contribution in [0.2, 0.25) is 0 Å². The second-order valence-electron chi connectivity index (χ2n) is 7.43. The number of nitrogens with zero attached hydrogens (tertiary/aromatic N) is 2. The van der Waals surface area contributed by atoms with Crippen LogP contribution in [0.4, 0.5) is 14.9 Å². The van der Waals surface area contributed by atoms with Gasteiger partial charge in [0.05, 0.1) is 5.69 Å². The average molecular weight is 423 g/mol. The van der Waals surface area contributed by atoms with Gasteiger partial charge in [0.15, 0.2) is 0 Å². The van der Waals surface area contributed by atoms with E-state index >= 15 is 0 Å². The number of hydrogen-bond acceptors (Lipinski definition) is 3. The van der Waals surface area contributed by atoms with Crippen LogP contribution < -0.4 is 15.5 Å². The molecule has 0 radical (unpaired) electrons. The smallest absolute Gasteiger partial charge is 0.350 e. The van der Waals surface area contributed by atoms with Gasteiger partial charge in [0.2, 0.25) is 0 Å². The van der Waals surface area contributed by atoms with Crippen molar-refractivity contribution in [1.29, 1.82) is 0 Å². The molecule has 0 unspecified atom stereocenters. The summed E-state index contributed by atoms with van der Waals surface area (Å²) >= 11 is 3.49. The van der Waals surface area contributed by atoms with E-state index < -0.39 is 5.54 Å². The summed E-state index contributed by atoms with van der Waals surface area (Å²) in [4.78, 5) is 19.0. The highest BCUT2D eigenvalue weighted by Crippen LogP contribution is 2.41. The number of piperidine rings is 1. The van der Waals surface area contributed by atoms with Crippen LogP contribution in [0.3, 0.4) is 0 Å². The Hall–Kier alpha value is -1.47. The minimum atomic E-state index is -0.518. The molecule has 1 saturated heterocycles. The minimum absolute atomic E-state index is 0.309. The number of carbonyl (C=O) groups is 1. The number of amidine groups is 1. The molecule has 1 aliphatic carbocycles. The van der Waals surface area contributed by atoms with Crippen LogP contribution in [0, 0.1) is 5.82 Å². The third kappa shape index (κ3) is 3.16. The van der Waals surface area contributed by atoms with Crippen molar-refractivity contribution in [2.45, 2.75) is 56.5 Å². The van der Waals surface area contributed by atoms with Gasteiger partial charge in [-0.05, 0) is 72.9 Å². The lowest BCUT2D eigenvalue weighted by atomic mass is 9.84. The first-order valence-corrected chi connectivity index (χ1v) is 10.3. The molecule has 2 amide bonds. The Morgan fingerprint density at radius 2 is 1.96 bits per heavy atom. The van der Waals surface area contributed by atoms with Crippen molar-refractivity contribution < 1.29 is 9.18 Å². The predicted molar refractivity (Wildman–Crippen MR) is 104 cm³/mol. The SMILES string of the molecule is O=C1N=C(NC2CCCCC2)C2(CCNCC2)N1c1cc(F)ccc1Br. The summed E-state index contributed by atoms with van der Waals surface area (Å²) in [6.07, 6.45) is 7.47. The van der Waals surface area contributed by atoms with Crippen molar-refractivity contribution in [2.75, 3.05) is 18.0 Å². The fourth-order valence-corrected chi connectivity index (χ4v) is 4.86. The van der Waals surface area contributed by atoms with Crippen LogP contribution in [0.1, 0.15) is 44.9 Å². The van der Waals surface area contributed by atoms with Gasteiger partial charge < -0.3 is 10.6 Å². The summed E-state index contributed by atoms with van der Waals surface area (Å²) in [6.45, 7) is 1.62. The molecule has 4 rings (SSSR count). The molecule has 0 bridgehead atoms. The summed E-state index contributed by atoms with van der Waals surface area (Å²) in [5, 5.41) is 6.96. The predicted octanol–water partition coefficient (Wildman–Crippen LogP) is 3.97. The molecular formula is C19H24BrFN4O. The summed E-state index contributed by atoms with van der Waals surface area (Å²) in [5.74, 6) is 0.417. The molecule has 140 valence electrons. The monoisotopic (exact) mass is 422 g/mol. The number of amides is 2. The summed E-state index contributed by atoms with van der Waals surface area (Å²) in [7, 11) is 0. The fourth-order valence-electron chi connectivity index (χ4n) is 4.44. The molecule has 7 heteroatoms. The lowest BCUT2D eigenvalue weighted by Gasteiger charge is -2.43. The van der Waals surface area contributed by atoms with Gasteiger partial charge in [-0.25, -0.2) is 9.18 Å². The second-order valence-corrected chi connectivity index (χ2v) is 8.29. The molecule has 1 aromatic rings. The summed E-state index contributed by atoms with van der Waals surface area (Å²) in [6, 6.07) is 4.53. The van der Waals surface area contributed by atoms with Crippen LogP contribution >= 0.6 is 15.9 Å². The van der Waals surface area contributed by atoms with Crippen molar-refractivity contribution in [2.24, 2.45) is 4.99 Å². The Bertz CT molecular complexity index is 726. The quantitative estimate of drug-likeness (QED) is 0.757. The van der Waals surface area contributed by atoms with Gasteiger partial charge in [0, 0.05) is 10.5 Å². The maximum Gasteiger partial charge on any atom is 0.350 e. The minimum Gasteiger partial charge on any atom is -0.369 e. The Morgan fingerprint density at radius 1 is 1.23 bits per heavy atom. The number of urea groups is 1. The van der Waals surface area contributed by atoms with Crippen LogP contribution in [0.5, 0.6) is 0 Å². The average Bonchev–Trinajstić information content (AvgIpc) is 2.90. The Labute approximate surface area is 161 Å². The molecule has 1 aromatic carbocycles. The number of carbonyl (C=O) groups excluding carboxylic acids is 1. The van der Waals surface area contributed by atoms with E-state index in [0.717, 1.165) is 44.6 Å². The maximum absolute atomic E-state index is 13.9. The Kier molecular flexibility index (Phi) is 5.01. The highest BCUT2D eigenvalue weighted by molar-refractivity contribution is 9.10. The third-order valence-corrected chi connectivity index (χ3v) is 6.46. The number of anilines is 1. The van der Waals surface area contributed by atoms with Gasteiger partial charge in [-0.15, -0.1) is 0 Å². The van der Waals surface area contributed by atoms with E-state index in [1.165, 1.54) is 31.4 Å². The molecule has 2 N–H and O–H groups in total. The van der Waals surface area contributed by atoms with E-state index in [4.69, 9.17) is 0 Å². The van der Waals surface area contributed by atoms with Crippen LogP contribution in [0.15, 0.2) is 27.7 Å². The largest absolute Gasteiger partial charge is 0.369 e. The molecule has 1 saturated carbocycles. The van der Waals surface area contributed by atoms with E-state index in [1.807, 2.05) is 0 Å². The van der Waals surface area contributed by atoms with Crippen LogP contribution in [-0.4, -0.2) is 36.5 Å². The molecule has 2 fully saturated rings. The molecule has 0 aromatic heterocycles. The number of halogens is 2. The molecule has 2 heterocycles. The van der Waals surface area contributed by atoms with Crippen molar-refractivity contribution in [3.63, 3.8) is 0 Å². The second kappa shape index (κ2) is 7.27. The van der Waals surface area contributed by atoms with E-state index in [1.54, 1.807) is 11.0 Å². The van der Waals surface area contributed by atoms with Crippen LogP contribution in [0.25, 0.3) is 0 Å². The number of aliphatic imine (C=N–C) groups is 1. The highest BCUT2D eigenvalue weighted by atomic mass is 79.9. The Morgan fingerprint density at radius 3 is 2.69 bits per heavy atom. The van der Waals surface area contributed by atoms with Crippen molar-refractivity contribution >= 4 is 33.5 Å². The summed E-state index contributed by atoms with van der Waals surface area (Å²) in [5.41, 5.74) is 0.0388. The lowest BCUT2D eigenvalue weighted by Crippen LogP contribution is -2.61. The third-order valence-electron chi connectivity index (χ3n) is 5.79. The van der Waals surface area contributed by atoms with E-state index in [0.29, 0.717) is 16.2 Å². The lowest BCUT2D eigenvalue weighted by molar-refractivity contribution is 0.250. The van der Waals surface area contributed by atoms with Gasteiger partial charge in [0.25, 0.3) is 0 Å². The van der Waals surface area contributed by atoms with E-state index in [9.17, 15) is 9.18 Å². The fraction of sp³-hybridized carbons (Fsp3) is 0.579. The molecule has 2 aliphatic heterocycles. The molecular weight excluding hydrogens is 399 g/mol. The van der Waals surface area contributed by atoms with Gasteiger partial charge >= 0.3 is 6.03 Å². The topological polar surface area (TPSA) is 56.7 Å². The van der Waals surface area contributed by atoms with Gasteiger partial charge in [-0.3, -0.25) is 4.90 Å². The van der Waals surface area contributed by atoms with E-state index in [-0.39, 0.29) is 11.8 Å². The number of benzene rings is 1. The highest BCUT2D eigenvalue weighted by Gasteiger charge is 2.51. The first-order chi connectivity index (χ1) is 12.6. The Balaban J connectivity index is 1.70. The molecule has 3 aliphatic rings. The van der Waals surface area contributed by atoms with Crippen molar-refractivity contribution in [3.8, 4) is 0 Å². The van der Waals surface area contributed by atoms with Gasteiger partial charge in [-0.1, -0.05) is 19.3 Å². The van der Waals surface area contributed by atoms with E-state index in [2.05, 4.69) is 31.6 Å². The number of hydrogen-bond donors (Lipinski definition) is 2. The number of nitrogens with one attached hydrogen (secondary N) is 2. The van der Waals surface area contributed by atoms with Crippen molar-refractivity contribution in [3.05, 3.63) is 28.5 Å². The molecule has 0 atom stereocenters. The zero-order valence-electron chi connectivity index (χ0n) is 14.7. The molecule has 26 heavy (non-hydrogen) atoms. The molecule has 1 spiro atoms. The number of rotatable bonds is 2.